The Bertz CT molecular complexity index is 1290. The number of nitrogens with one attached hydrogen (secondary N) is 2. The standard InChI is InChI=1S/C22H18ClFN4O2S/c1-13-16(10-11-20(29)25-18-5-3-2-4-17(18)24)21(30)28(27-13)22-26-19(12-31-22)14-6-8-15(23)9-7-14/h2-9,12,27H,10-11H2,1H3,(H,25,29). The minimum Gasteiger partial charge on any atom is -0.324 e. The van der Waals surface area contributed by atoms with Gasteiger partial charge in [0.2, 0.25) is 11.0 Å². The van der Waals surface area contributed by atoms with Crippen LogP contribution in [0.3, 0.4) is 0 Å². The van der Waals surface area contributed by atoms with Crippen LogP contribution in [-0.2, 0) is 11.2 Å². The highest BCUT2D eigenvalue weighted by Crippen LogP contribution is 2.25. The van der Waals surface area contributed by atoms with Gasteiger partial charge < -0.3 is 5.32 Å². The minimum absolute atomic E-state index is 0.0517. The van der Waals surface area contributed by atoms with E-state index >= 15 is 0 Å². The van der Waals surface area contributed by atoms with E-state index in [1.807, 2.05) is 17.5 Å². The van der Waals surface area contributed by atoms with E-state index in [2.05, 4.69) is 15.4 Å². The van der Waals surface area contributed by atoms with Crippen LogP contribution in [0.2, 0.25) is 5.02 Å². The third-order valence-electron chi connectivity index (χ3n) is 4.77. The lowest BCUT2D eigenvalue weighted by atomic mass is 10.1. The first-order valence-corrected chi connectivity index (χ1v) is 10.7. The van der Waals surface area contributed by atoms with Crippen LogP contribution in [0.4, 0.5) is 10.1 Å². The summed E-state index contributed by atoms with van der Waals surface area (Å²) in [7, 11) is 0. The van der Waals surface area contributed by atoms with Gasteiger partial charge >= 0.3 is 0 Å². The van der Waals surface area contributed by atoms with E-state index in [1.54, 1.807) is 31.2 Å². The third-order valence-corrected chi connectivity index (χ3v) is 5.84. The maximum Gasteiger partial charge on any atom is 0.276 e. The van der Waals surface area contributed by atoms with Crippen molar-refractivity contribution >= 4 is 34.5 Å². The summed E-state index contributed by atoms with van der Waals surface area (Å²) in [6.07, 6.45) is 0.278. The first-order chi connectivity index (χ1) is 14.9. The van der Waals surface area contributed by atoms with Crippen molar-refractivity contribution in [2.24, 2.45) is 0 Å². The smallest absolute Gasteiger partial charge is 0.276 e. The number of carbonyl (C=O) groups is 1. The molecule has 1 amide bonds. The monoisotopic (exact) mass is 456 g/mol. The van der Waals surface area contributed by atoms with Crippen molar-refractivity contribution in [2.75, 3.05) is 5.32 Å². The molecule has 0 saturated carbocycles. The molecule has 0 spiro atoms. The number of anilines is 1. The molecule has 0 fully saturated rings. The molecule has 2 aromatic heterocycles. The molecule has 0 atom stereocenters. The highest BCUT2D eigenvalue weighted by Gasteiger charge is 2.17. The number of aryl methyl sites for hydroxylation is 1. The van der Waals surface area contributed by atoms with Crippen LogP contribution in [0.5, 0.6) is 0 Å². The summed E-state index contributed by atoms with van der Waals surface area (Å²) in [5.74, 6) is -0.868. The largest absolute Gasteiger partial charge is 0.324 e. The SMILES string of the molecule is Cc1[nH]n(-c2nc(-c3ccc(Cl)cc3)cs2)c(=O)c1CCC(=O)Nc1ccccc1F. The fourth-order valence-electron chi connectivity index (χ4n) is 3.14. The molecule has 2 aromatic carbocycles. The van der Waals surface area contributed by atoms with Gasteiger partial charge in [-0.05, 0) is 37.6 Å². The number of hydrogen-bond donors (Lipinski definition) is 2. The predicted molar refractivity (Wildman–Crippen MR) is 121 cm³/mol. The van der Waals surface area contributed by atoms with E-state index in [4.69, 9.17) is 11.6 Å². The highest BCUT2D eigenvalue weighted by atomic mass is 35.5. The van der Waals surface area contributed by atoms with E-state index < -0.39 is 5.82 Å². The molecule has 2 N–H and O–H groups in total. The second kappa shape index (κ2) is 8.87. The molecule has 4 aromatic rings. The predicted octanol–water partition coefficient (Wildman–Crippen LogP) is 4.96. The van der Waals surface area contributed by atoms with Crippen molar-refractivity contribution in [2.45, 2.75) is 19.8 Å². The number of hydrogen-bond acceptors (Lipinski definition) is 4. The second-order valence-corrected chi connectivity index (χ2v) is 8.18. The summed E-state index contributed by atoms with van der Waals surface area (Å²) in [6.45, 7) is 1.77. The van der Waals surface area contributed by atoms with Crippen LogP contribution in [-0.4, -0.2) is 20.7 Å². The minimum atomic E-state index is -0.503. The number of aromatic amines is 1. The number of halogens is 2. The molecule has 9 heteroatoms. The number of H-pyrrole nitrogens is 1. The Kier molecular flexibility index (Phi) is 6.01. The zero-order chi connectivity index (χ0) is 22.0. The van der Waals surface area contributed by atoms with Crippen molar-refractivity contribution in [1.82, 2.24) is 14.8 Å². The molecule has 6 nitrogen and oxygen atoms in total. The zero-order valence-corrected chi connectivity index (χ0v) is 18.1. The Morgan fingerprint density at radius 3 is 2.71 bits per heavy atom. The Morgan fingerprint density at radius 2 is 1.97 bits per heavy atom. The third kappa shape index (κ3) is 4.60. The van der Waals surface area contributed by atoms with Gasteiger partial charge in [0.05, 0.1) is 11.4 Å². The lowest BCUT2D eigenvalue weighted by Crippen LogP contribution is -2.19. The van der Waals surface area contributed by atoms with Gasteiger partial charge in [0, 0.05) is 33.6 Å². The van der Waals surface area contributed by atoms with Crippen LogP contribution in [0, 0.1) is 12.7 Å². The fourth-order valence-corrected chi connectivity index (χ4v) is 4.06. The number of rotatable bonds is 6. The number of benzene rings is 2. The van der Waals surface area contributed by atoms with Gasteiger partial charge in [-0.1, -0.05) is 35.9 Å². The average molecular weight is 457 g/mol. The summed E-state index contributed by atoms with van der Waals surface area (Å²) in [6, 6.07) is 13.2. The Labute approximate surface area is 186 Å². The number of amides is 1. The summed E-state index contributed by atoms with van der Waals surface area (Å²) < 4.78 is 15.1. The molecule has 158 valence electrons. The molecule has 0 aliphatic heterocycles. The molecular weight excluding hydrogens is 439 g/mol. The molecular formula is C22H18ClFN4O2S. The van der Waals surface area contributed by atoms with E-state index in [0.29, 0.717) is 21.4 Å². The van der Waals surface area contributed by atoms with Gasteiger partial charge in [0.1, 0.15) is 5.82 Å². The van der Waals surface area contributed by atoms with Crippen LogP contribution < -0.4 is 10.9 Å². The Morgan fingerprint density at radius 1 is 1.23 bits per heavy atom. The molecule has 0 saturated heterocycles. The van der Waals surface area contributed by atoms with Gasteiger partial charge in [-0.3, -0.25) is 14.7 Å². The Balaban J connectivity index is 1.49. The molecule has 0 aliphatic rings. The van der Waals surface area contributed by atoms with E-state index in [9.17, 15) is 14.0 Å². The van der Waals surface area contributed by atoms with Crippen LogP contribution in [0.25, 0.3) is 16.4 Å². The topological polar surface area (TPSA) is 79.8 Å². The summed E-state index contributed by atoms with van der Waals surface area (Å²) in [4.78, 5) is 29.6. The van der Waals surface area contributed by atoms with E-state index in [1.165, 1.54) is 28.2 Å². The highest BCUT2D eigenvalue weighted by molar-refractivity contribution is 7.12. The zero-order valence-electron chi connectivity index (χ0n) is 16.5. The van der Waals surface area contributed by atoms with Gasteiger partial charge in [-0.25, -0.2) is 9.37 Å². The number of para-hydroxylation sites is 1. The molecule has 31 heavy (non-hydrogen) atoms. The van der Waals surface area contributed by atoms with Gasteiger partial charge in [-0.15, -0.1) is 11.3 Å². The van der Waals surface area contributed by atoms with Crippen molar-refractivity contribution in [1.29, 1.82) is 0 Å². The van der Waals surface area contributed by atoms with Crippen LogP contribution >= 0.6 is 22.9 Å². The van der Waals surface area contributed by atoms with E-state index in [0.717, 1.165) is 11.3 Å². The van der Waals surface area contributed by atoms with Crippen molar-refractivity contribution < 1.29 is 9.18 Å². The van der Waals surface area contributed by atoms with Crippen molar-refractivity contribution in [3.63, 3.8) is 0 Å². The van der Waals surface area contributed by atoms with Gasteiger partial charge in [0.25, 0.3) is 5.56 Å². The van der Waals surface area contributed by atoms with Crippen molar-refractivity contribution in [3.05, 3.63) is 86.4 Å². The molecule has 0 unspecified atom stereocenters. The number of carbonyl (C=O) groups excluding carboxylic acids is 1. The fraction of sp³-hybridized carbons (Fsp3) is 0.136. The van der Waals surface area contributed by atoms with Crippen LogP contribution in [0.15, 0.2) is 58.7 Å². The maximum atomic E-state index is 13.7. The second-order valence-electron chi connectivity index (χ2n) is 6.91. The molecule has 0 radical (unpaired) electrons. The lowest BCUT2D eigenvalue weighted by molar-refractivity contribution is -0.116. The molecule has 0 bridgehead atoms. The molecule has 2 heterocycles. The van der Waals surface area contributed by atoms with Crippen molar-refractivity contribution in [3.8, 4) is 16.4 Å². The number of nitrogens with zero attached hydrogens (tertiary/aromatic N) is 2. The first kappa shape index (κ1) is 21.0. The first-order valence-electron chi connectivity index (χ1n) is 9.49. The number of aromatic nitrogens is 3. The summed E-state index contributed by atoms with van der Waals surface area (Å²) in [5, 5.41) is 8.56. The normalized spacial score (nSPS) is 10.9. The van der Waals surface area contributed by atoms with E-state index in [-0.39, 0.29) is 30.0 Å². The summed E-state index contributed by atoms with van der Waals surface area (Å²) in [5.41, 5.74) is 2.65. The number of thiazole rings is 1. The van der Waals surface area contributed by atoms with Gasteiger partial charge in [-0.2, -0.15) is 4.68 Å². The van der Waals surface area contributed by atoms with Gasteiger partial charge in [0.15, 0.2) is 0 Å². The lowest BCUT2D eigenvalue weighted by Gasteiger charge is -2.05. The Hall–Kier alpha value is -3.23. The molecule has 4 rings (SSSR count). The maximum absolute atomic E-state index is 13.7. The average Bonchev–Trinajstić information content (AvgIpc) is 3.34. The summed E-state index contributed by atoms with van der Waals surface area (Å²) >= 11 is 7.26. The van der Waals surface area contributed by atoms with Crippen LogP contribution in [0.1, 0.15) is 17.7 Å². The quantitative estimate of drug-likeness (QED) is 0.430. The molecule has 0 aliphatic carbocycles.